The van der Waals surface area contributed by atoms with E-state index < -0.39 is 12.7 Å². The van der Waals surface area contributed by atoms with Gasteiger partial charge in [0.1, 0.15) is 6.54 Å². The molecule has 0 unspecified atom stereocenters. The first-order valence-electron chi connectivity index (χ1n) is 10.7. The average molecular weight is 516 g/mol. The number of hydrogen-bond donors (Lipinski definition) is 1. The highest BCUT2D eigenvalue weighted by molar-refractivity contribution is 6.42. The highest BCUT2D eigenvalue weighted by Crippen LogP contribution is 2.40. The van der Waals surface area contributed by atoms with E-state index in [1.165, 1.54) is 12.4 Å². The lowest BCUT2D eigenvalue weighted by Gasteiger charge is -2.50. The highest BCUT2D eigenvalue weighted by atomic mass is 35.5. The van der Waals surface area contributed by atoms with Crippen molar-refractivity contribution in [2.75, 3.05) is 49.6 Å². The lowest BCUT2D eigenvalue weighted by molar-refractivity contribution is -0.142. The van der Waals surface area contributed by atoms with Crippen LogP contribution in [-0.4, -0.2) is 75.8 Å². The van der Waals surface area contributed by atoms with E-state index >= 15 is 0 Å². The van der Waals surface area contributed by atoms with Gasteiger partial charge >= 0.3 is 6.18 Å². The lowest BCUT2D eigenvalue weighted by atomic mass is 9.97. The van der Waals surface area contributed by atoms with Crippen molar-refractivity contribution in [3.63, 3.8) is 0 Å². The normalized spacial score (nSPS) is 18.8. The Morgan fingerprint density at radius 2 is 1.88 bits per heavy atom. The van der Waals surface area contributed by atoms with E-state index in [1.54, 1.807) is 12.3 Å². The molecule has 0 amide bonds. The van der Waals surface area contributed by atoms with Gasteiger partial charge in [-0.05, 0) is 13.0 Å². The number of nitrogens with one attached hydrogen (secondary N) is 1. The Morgan fingerprint density at radius 1 is 1.15 bits per heavy atom. The fraction of sp³-hybridized carbons (Fsp3) is 0.476. The maximum Gasteiger partial charge on any atom is 0.408 e. The number of aromatic nitrogens is 4. The molecule has 2 saturated heterocycles. The molecule has 2 aromatic heterocycles. The molecule has 13 heteroatoms. The average Bonchev–Trinajstić information content (AvgIpc) is 3.18. The summed E-state index contributed by atoms with van der Waals surface area (Å²) in [5.74, 6) is 0.192. The van der Waals surface area contributed by atoms with E-state index in [1.807, 2.05) is 0 Å². The summed E-state index contributed by atoms with van der Waals surface area (Å²) in [6, 6.07) is 1.77. The van der Waals surface area contributed by atoms with Crippen LogP contribution < -0.4 is 10.2 Å². The van der Waals surface area contributed by atoms with Crippen LogP contribution in [0.25, 0.3) is 10.9 Å². The first kappa shape index (κ1) is 23.4. The van der Waals surface area contributed by atoms with E-state index in [4.69, 9.17) is 27.9 Å². The van der Waals surface area contributed by atoms with Crippen molar-refractivity contribution < 1.29 is 17.9 Å². The Hall–Kier alpha value is -2.34. The van der Waals surface area contributed by atoms with Crippen molar-refractivity contribution in [1.82, 2.24) is 24.6 Å². The summed E-state index contributed by atoms with van der Waals surface area (Å²) in [5.41, 5.74) is 1.64. The third-order valence-electron chi connectivity index (χ3n) is 6.16. The SMILES string of the molecule is CC1(N2CCN(c3c(Cl)cc4cnc(Nc5cnn(CC(F)(F)F)c5)nc4c3Cl)CC2)COC1. The minimum Gasteiger partial charge on any atom is -0.377 e. The predicted octanol–water partition coefficient (Wildman–Crippen LogP) is 4.35. The molecule has 34 heavy (non-hydrogen) atoms. The van der Waals surface area contributed by atoms with Gasteiger partial charge in [-0.1, -0.05) is 23.2 Å². The molecule has 3 aromatic rings. The molecular weight excluding hydrogens is 494 g/mol. The number of anilines is 3. The molecular formula is C21H22Cl2F3N7O. The van der Waals surface area contributed by atoms with Crippen LogP contribution in [0.3, 0.4) is 0 Å². The molecule has 182 valence electrons. The van der Waals surface area contributed by atoms with Crippen molar-refractivity contribution in [2.24, 2.45) is 0 Å². The number of alkyl halides is 3. The number of piperazine rings is 1. The summed E-state index contributed by atoms with van der Waals surface area (Å²) in [6.45, 7) is 5.76. The van der Waals surface area contributed by atoms with Crippen molar-refractivity contribution >= 4 is 51.4 Å². The number of halogens is 5. The Kier molecular flexibility index (Phi) is 5.99. The summed E-state index contributed by atoms with van der Waals surface area (Å²) in [7, 11) is 0. The van der Waals surface area contributed by atoms with Crippen LogP contribution in [0.4, 0.5) is 30.5 Å². The fourth-order valence-corrected chi connectivity index (χ4v) is 5.07. The minimum atomic E-state index is -4.36. The van der Waals surface area contributed by atoms with Crippen molar-refractivity contribution in [1.29, 1.82) is 0 Å². The topological polar surface area (TPSA) is 71.3 Å². The van der Waals surface area contributed by atoms with Crippen LogP contribution in [-0.2, 0) is 11.3 Å². The van der Waals surface area contributed by atoms with E-state index in [2.05, 4.69) is 37.1 Å². The van der Waals surface area contributed by atoms with Crippen LogP contribution in [0.15, 0.2) is 24.7 Å². The quantitative estimate of drug-likeness (QED) is 0.541. The molecule has 0 radical (unpaired) electrons. The second kappa shape index (κ2) is 8.71. The smallest absolute Gasteiger partial charge is 0.377 e. The molecule has 0 bridgehead atoms. The summed E-state index contributed by atoms with van der Waals surface area (Å²) < 4.78 is 43.9. The standard InChI is InChI=1S/C21H22Cl2F3N7O/c1-20(11-34-12-20)32-4-2-31(3-5-32)18-15(22)6-13-7-27-19(30-17(13)16(18)23)29-14-8-28-33(9-14)10-21(24,25)26/h6-9H,2-5,10-12H2,1H3,(H,27,29,30). The van der Waals surface area contributed by atoms with Gasteiger partial charge in [0.05, 0.1) is 51.9 Å². The van der Waals surface area contributed by atoms with Gasteiger partial charge in [-0.15, -0.1) is 0 Å². The summed E-state index contributed by atoms with van der Waals surface area (Å²) >= 11 is 13.4. The number of nitrogens with zero attached hydrogens (tertiary/aromatic N) is 6. The summed E-state index contributed by atoms with van der Waals surface area (Å²) in [5, 5.41) is 8.18. The van der Waals surface area contributed by atoms with Gasteiger partial charge in [0.25, 0.3) is 0 Å². The zero-order valence-corrected chi connectivity index (χ0v) is 19.8. The lowest BCUT2D eigenvalue weighted by Crippen LogP contribution is -2.64. The molecule has 1 N–H and O–H groups in total. The predicted molar refractivity (Wildman–Crippen MR) is 124 cm³/mol. The Bertz CT molecular complexity index is 1210. The van der Waals surface area contributed by atoms with Crippen molar-refractivity contribution in [3.8, 4) is 0 Å². The zero-order valence-electron chi connectivity index (χ0n) is 18.2. The van der Waals surface area contributed by atoms with Gasteiger partial charge < -0.3 is 15.0 Å². The monoisotopic (exact) mass is 515 g/mol. The zero-order chi connectivity index (χ0) is 24.1. The molecule has 0 saturated carbocycles. The molecule has 0 atom stereocenters. The molecule has 2 aliphatic heterocycles. The van der Waals surface area contributed by atoms with Crippen LogP contribution in [0, 0.1) is 0 Å². The van der Waals surface area contributed by atoms with Gasteiger partial charge in [-0.3, -0.25) is 9.58 Å². The molecule has 2 aliphatic rings. The van der Waals surface area contributed by atoms with Crippen molar-refractivity contribution in [2.45, 2.75) is 25.2 Å². The molecule has 5 rings (SSSR count). The van der Waals surface area contributed by atoms with Gasteiger partial charge in [-0.2, -0.15) is 18.3 Å². The maximum atomic E-state index is 12.6. The molecule has 2 fully saturated rings. The largest absolute Gasteiger partial charge is 0.408 e. The summed E-state index contributed by atoms with van der Waals surface area (Å²) in [4.78, 5) is 13.3. The van der Waals surface area contributed by atoms with E-state index in [0.717, 1.165) is 44.1 Å². The third-order valence-corrected chi connectivity index (χ3v) is 6.80. The minimum absolute atomic E-state index is 0.0881. The maximum absolute atomic E-state index is 12.6. The van der Waals surface area contributed by atoms with Crippen LogP contribution in [0.2, 0.25) is 10.0 Å². The number of benzene rings is 1. The molecule has 0 aliphatic carbocycles. The second-order valence-electron chi connectivity index (χ2n) is 8.78. The Balaban J connectivity index is 1.36. The molecule has 0 spiro atoms. The highest BCUT2D eigenvalue weighted by Gasteiger charge is 2.41. The first-order chi connectivity index (χ1) is 16.1. The van der Waals surface area contributed by atoms with E-state index in [0.29, 0.717) is 32.3 Å². The fourth-order valence-electron chi connectivity index (χ4n) is 4.32. The van der Waals surface area contributed by atoms with Gasteiger partial charge in [0.2, 0.25) is 5.95 Å². The Labute approximate surface area is 203 Å². The molecule has 4 heterocycles. The number of fused-ring (bicyclic) bond motifs is 1. The van der Waals surface area contributed by atoms with Crippen molar-refractivity contribution in [3.05, 3.63) is 34.7 Å². The van der Waals surface area contributed by atoms with Gasteiger partial charge in [0, 0.05) is 44.0 Å². The Morgan fingerprint density at radius 3 is 2.53 bits per heavy atom. The summed E-state index contributed by atoms with van der Waals surface area (Å²) in [6.07, 6.45) is -0.271. The second-order valence-corrected chi connectivity index (χ2v) is 9.57. The van der Waals surface area contributed by atoms with E-state index in [-0.39, 0.29) is 11.5 Å². The number of hydrogen-bond acceptors (Lipinski definition) is 7. The van der Waals surface area contributed by atoms with Crippen LogP contribution in [0.5, 0.6) is 0 Å². The van der Waals surface area contributed by atoms with Gasteiger partial charge in [0.15, 0.2) is 0 Å². The van der Waals surface area contributed by atoms with Crippen LogP contribution in [0.1, 0.15) is 6.92 Å². The van der Waals surface area contributed by atoms with E-state index in [9.17, 15) is 13.2 Å². The number of rotatable bonds is 5. The van der Waals surface area contributed by atoms with Crippen LogP contribution >= 0.6 is 23.2 Å². The molecule has 1 aromatic carbocycles. The van der Waals surface area contributed by atoms with Gasteiger partial charge in [-0.25, -0.2) is 9.97 Å². The number of ether oxygens (including phenoxy) is 1. The molecule has 8 nitrogen and oxygen atoms in total. The first-order valence-corrected chi connectivity index (χ1v) is 11.5. The third kappa shape index (κ3) is 4.61.